The van der Waals surface area contributed by atoms with Crippen molar-refractivity contribution in [3.8, 4) is 0 Å². The molecule has 0 bridgehead atoms. The van der Waals surface area contributed by atoms with Gasteiger partial charge in [0, 0.05) is 23.4 Å². The number of nitrogens with zero attached hydrogens (tertiary/aromatic N) is 3. The van der Waals surface area contributed by atoms with Crippen LogP contribution >= 0.6 is 0 Å². The normalized spacial score (nSPS) is 25.1. The molecule has 0 spiro atoms. The molecule has 2 atom stereocenters. The van der Waals surface area contributed by atoms with Crippen LogP contribution in [0.4, 0.5) is 0 Å². The minimum Gasteiger partial charge on any atom is -0.388 e. The van der Waals surface area contributed by atoms with Crippen LogP contribution in [0.5, 0.6) is 0 Å². The highest BCUT2D eigenvalue weighted by molar-refractivity contribution is 7.90. The van der Waals surface area contributed by atoms with Crippen LogP contribution in [0.15, 0.2) is 22.2 Å². The molecular weight excluding hydrogens is 318 g/mol. The van der Waals surface area contributed by atoms with Crippen LogP contribution in [0.25, 0.3) is 11.0 Å². The SMILES string of the molecule is Cc1cc2cnc(S(C)(=O)=O)nc2n(C2CCCC2(C)O)c1=O. The highest BCUT2D eigenvalue weighted by atomic mass is 32.2. The summed E-state index contributed by atoms with van der Waals surface area (Å²) in [5.41, 5.74) is -0.525. The van der Waals surface area contributed by atoms with Crippen LogP contribution in [0, 0.1) is 6.92 Å². The second-order valence-electron chi connectivity index (χ2n) is 6.47. The number of aromatic nitrogens is 3. The Labute approximate surface area is 133 Å². The molecule has 2 aromatic rings. The third-order valence-corrected chi connectivity index (χ3v) is 5.31. The predicted molar refractivity (Wildman–Crippen MR) is 85.2 cm³/mol. The number of sulfone groups is 1. The highest BCUT2D eigenvalue weighted by Crippen LogP contribution is 2.39. The van der Waals surface area contributed by atoms with Gasteiger partial charge in [-0.1, -0.05) is 0 Å². The van der Waals surface area contributed by atoms with Gasteiger partial charge in [-0.3, -0.25) is 9.36 Å². The largest absolute Gasteiger partial charge is 0.388 e. The molecule has 2 unspecified atom stereocenters. The van der Waals surface area contributed by atoms with Crippen molar-refractivity contribution in [1.29, 1.82) is 0 Å². The Bertz CT molecular complexity index is 947. The van der Waals surface area contributed by atoms with Crippen molar-refractivity contribution in [3.63, 3.8) is 0 Å². The van der Waals surface area contributed by atoms with Crippen LogP contribution in [0.3, 0.4) is 0 Å². The average molecular weight is 337 g/mol. The Morgan fingerprint density at radius 1 is 1.43 bits per heavy atom. The van der Waals surface area contributed by atoms with E-state index in [2.05, 4.69) is 9.97 Å². The first-order valence-corrected chi connectivity index (χ1v) is 9.32. The third kappa shape index (κ3) is 2.66. The summed E-state index contributed by atoms with van der Waals surface area (Å²) in [4.78, 5) is 20.6. The molecule has 1 fully saturated rings. The number of pyridine rings is 1. The summed E-state index contributed by atoms with van der Waals surface area (Å²) in [5.74, 6) is 0. The number of fused-ring (bicyclic) bond motifs is 1. The lowest BCUT2D eigenvalue weighted by molar-refractivity contribution is 0.0266. The Balaban J connectivity index is 2.38. The van der Waals surface area contributed by atoms with E-state index in [1.807, 2.05) is 0 Å². The van der Waals surface area contributed by atoms with Crippen LogP contribution in [0.2, 0.25) is 0 Å². The van der Waals surface area contributed by atoms with Crippen molar-refractivity contribution >= 4 is 20.9 Å². The Kier molecular flexibility index (Phi) is 3.57. The summed E-state index contributed by atoms with van der Waals surface area (Å²) >= 11 is 0. The molecule has 2 heterocycles. The van der Waals surface area contributed by atoms with E-state index < -0.39 is 21.5 Å². The first kappa shape index (κ1) is 16.1. The van der Waals surface area contributed by atoms with E-state index in [1.165, 1.54) is 10.8 Å². The third-order valence-electron chi connectivity index (χ3n) is 4.45. The van der Waals surface area contributed by atoms with E-state index in [0.717, 1.165) is 12.7 Å². The fraction of sp³-hybridized carbons (Fsp3) is 0.533. The molecule has 1 aliphatic rings. The molecule has 1 saturated carbocycles. The van der Waals surface area contributed by atoms with Gasteiger partial charge in [0.15, 0.2) is 0 Å². The molecule has 0 radical (unpaired) electrons. The number of rotatable bonds is 2. The summed E-state index contributed by atoms with van der Waals surface area (Å²) in [6.07, 6.45) is 4.46. The lowest BCUT2D eigenvalue weighted by Crippen LogP contribution is -2.38. The standard InChI is InChI=1S/C15H19N3O4S/c1-9-7-10-8-16-14(23(3,21)22)17-12(10)18(13(9)19)11-5-4-6-15(11,2)20/h7-8,11,20H,4-6H2,1-3H3. The monoisotopic (exact) mass is 337 g/mol. The van der Waals surface area contributed by atoms with E-state index in [1.54, 1.807) is 19.9 Å². The lowest BCUT2D eigenvalue weighted by Gasteiger charge is -2.28. The molecule has 124 valence electrons. The van der Waals surface area contributed by atoms with Crippen molar-refractivity contribution < 1.29 is 13.5 Å². The molecule has 8 heteroatoms. The second kappa shape index (κ2) is 5.10. The van der Waals surface area contributed by atoms with Gasteiger partial charge in [0.25, 0.3) is 5.56 Å². The molecule has 7 nitrogen and oxygen atoms in total. The van der Waals surface area contributed by atoms with Crippen molar-refractivity contribution in [1.82, 2.24) is 14.5 Å². The van der Waals surface area contributed by atoms with Gasteiger partial charge in [-0.2, -0.15) is 4.98 Å². The van der Waals surface area contributed by atoms with Gasteiger partial charge in [0.1, 0.15) is 5.65 Å². The van der Waals surface area contributed by atoms with Crippen LogP contribution in [-0.2, 0) is 9.84 Å². The maximum atomic E-state index is 12.7. The van der Waals surface area contributed by atoms with E-state index in [9.17, 15) is 18.3 Å². The Morgan fingerprint density at radius 2 is 2.13 bits per heavy atom. The first-order chi connectivity index (χ1) is 10.6. The maximum Gasteiger partial charge on any atom is 0.255 e. The quantitative estimate of drug-likeness (QED) is 0.820. The van der Waals surface area contributed by atoms with Crippen LogP contribution in [-0.4, -0.2) is 39.9 Å². The number of aryl methyl sites for hydroxylation is 1. The maximum absolute atomic E-state index is 12.7. The number of aliphatic hydroxyl groups is 1. The van der Waals surface area contributed by atoms with Gasteiger partial charge >= 0.3 is 0 Å². The zero-order valence-corrected chi connectivity index (χ0v) is 14.1. The van der Waals surface area contributed by atoms with E-state index in [-0.39, 0.29) is 16.4 Å². The molecule has 0 aliphatic heterocycles. The number of hydrogen-bond donors (Lipinski definition) is 1. The van der Waals surface area contributed by atoms with Crippen molar-refractivity contribution in [3.05, 3.63) is 28.2 Å². The highest BCUT2D eigenvalue weighted by Gasteiger charge is 2.39. The summed E-state index contributed by atoms with van der Waals surface area (Å²) in [6.45, 7) is 3.39. The fourth-order valence-electron chi connectivity index (χ4n) is 3.25. The van der Waals surface area contributed by atoms with Crippen molar-refractivity contribution in [2.75, 3.05) is 6.26 Å². The molecule has 23 heavy (non-hydrogen) atoms. The minimum atomic E-state index is -3.59. The van der Waals surface area contributed by atoms with Gasteiger partial charge in [0.2, 0.25) is 15.0 Å². The molecule has 2 aromatic heterocycles. The Morgan fingerprint density at radius 3 is 2.70 bits per heavy atom. The molecule has 3 rings (SSSR count). The smallest absolute Gasteiger partial charge is 0.255 e. The Hall–Kier alpha value is -1.80. The van der Waals surface area contributed by atoms with Gasteiger partial charge in [-0.15, -0.1) is 0 Å². The molecule has 0 saturated heterocycles. The zero-order valence-electron chi connectivity index (χ0n) is 13.3. The zero-order chi connectivity index (χ0) is 17.0. The topological polar surface area (TPSA) is 102 Å². The van der Waals surface area contributed by atoms with Crippen molar-refractivity contribution in [2.45, 2.75) is 49.9 Å². The van der Waals surface area contributed by atoms with Crippen LogP contribution in [0.1, 0.15) is 37.8 Å². The molecule has 0 aromatic carbocycles. The molecule has 1 aliphatic carbocycles. The summed E-state index contributed by atoms with van der Waals surface area (Å²) in [7, 11) is -3.59. The first-order valence-electron chi connectivity index (χ1n) is 7.42. The van der Waals surface area contributed by atoms with Crippen LogP contribution < -0.4 is 5.56 Å². The summed E-state index contributed by atoms with van der Waals surface area (Å²) in [6, 6.07) is 1.21. The van der Waals surface area contributed by atoms with Gasteiger partial charge in [-0.05, 0) is 39.2 Å². The molecular formula is C15H19N3O4S. The van der Waals surface area contributed by atoms with Gasteiger partial charge in [0.05, 0.1) is 11.6 Å². The second-order valence-corrected chi connectivity index (χ2v) is 8.38. The van der Waals surface area contributed by atoms with Crippen molar-refractivity contribution in [2.24, 2.45) is 0 Å². The summed E-state index contributed by atoms with van der Waals surface area (Å²) in [5, 5.41) is 10.9. The predicted octanol–water partition coefficient (Wildman–Crippen LogP) is 0.979. The minimum absolute atomic E-state index is 0.253. The van der Waals surface area contributed by atoms with Gasteiger partial charge in [-0.25, -0.2) is 13.4 Å². The molecule has 1 N–H and O–H groups in total. The number of hydrogen-bond acceptors (Lipinski definition) is 6. The van der Waals surface area contributed by atoms with Gasteiger partial charge < -0.3 is 5.11 Å². The molecule has 0 amide bonds. The lowest BCUT2D eigenvalue weighted by atomic mass is 9.99. The summed E-state index contributed by atoms with van der Waals surface area (Å²) < 4.78 is 24.9. The fourth-order valence-corrected chi connectivity index (χ4v) is 3.74. The van der Waals surface area contributed by atoms with E-state index in [0.29, 0.717) is 23.8 Å². The van der Waals surface area contributed by atoms with E-state index >= 15 is 0 Å². The average Bonchev–Trinajstić information content (AvgIpc) is 2.78. The van der Waals surface area contributed by atoms with E-state index in [4.69, 9.17) is 0 Å².